The van der Waals surface area contributed by atoms with E-state index in [4.69, 9.17) is 4.84 Å². The maximum atomic E-state index is 11.9. The molecule has 1 aliphatic carbocycles. The van der Waals surface area contributed by atoms with Gasteiger partial charge < -0.3 is 4.84 Å². The van der Waals surface area contributed by atoms with Crippen LogP contribution in [0.5, 0.6) is 0 Å². The van der Waals surface area contributed by atoms with Crippen molar-refractivity contribution in [2.24, 2.45) is 5.41 Å². The molecule has 2 aliphatic rings. The molecule has 1 fully saturated rings. The maximum absolute atomic E-state index is 11.9. The highest BCUT2D eigenvalue weighted by atomic mass is 16.7. The lowest BCUT2D eigenvalue weighted by Crippen LogP contribution is -2.31. The Morgan fingerprint density at radius 2 is 1.69 bits per heavy atom. The molecular formula is C24H31NO4. The predicted octanol–water partition coefficient (Wildman–Crippen LogP) is 5.13. The van der Waals surface area contributed by atoms with E-state index in [1.54, 1.807) is 13.0 Å². The minimum Gasteiger partial charge on any atom is -0.326 e. The molecular weight excluding hydrogens is 366 g/mol. The van der Waals surface area contributed by atoms with E-state index in [0.717, 1.165) is 5.57 Å². The van der Waals surface area contributed by atoms with E-state index in [1.807, 2.05) is 19.1 Å². The van der Waals surface area contributed by atoms with Gasteiger partial charge in [0.15, 0.2) is 0 Å². The lowest BCUT2D eigenvalue weighted by atomic mass is 9.72. The van der Waals surface area contributed by atoms with Gasteiger partial charge in [-0.2, -0.15) is 0 Å². The molecule has 0 unspecified atom stereocenters. The van der Waals surface area contributed by atoms with Gasteiger partial charge in [-0.15, -0.1) is 5.06 Å². The van der Waals surface area contributed by atoms with Crippen LogP contribution < -0.4 is 0 Å². The molecule has 0 spiro atoms. The van der Waals surface area contributed by atoms with Gasteiger partial charge in [0.1, 0.15) is 0 Å². The molecule has 5 heteroatoms. The van der Waals surface area contributed by atoms with E-state index in [2.05, 4.69) is 32.9 Å². The molecule has 0 atom stereocenters. The number of hydrogen-bond donors (Lipinski definition) is 0. The third-order valence-corrected chi connectivity index (χ3v) is 5.31. The molecule has 1 saturated heterocycles. The zero-order valence-electron chi connectivity index (χ0n) is 18.1. The Bertz CT molecular complexity index is 821. The Balaban J connectivity index is 1.95. The van der Waals surface area contributed by atoms with E-state index in [1.165, 1.54) is 36.5 Å². The standard InChI is InChI=1S/C24H31NO4/c1-17(11-12-20-19(3)10-7-15-24(20,4)5)8-6-9-18(2)16-23(28)29-25-21(26)13-14-22(25)27/h6,8-9,11-12,16H,7,10,13-15H2,1-5H3/b9-6+,12-11+,17-8+,18-16-. The monoisotopic (exact) mass is 397 g/mol. The van der Waals surface area contributed by atoms with E-state index in [-0.39, 0.29) is 18.3 Å². The molecule has 1 heterocycles. The predicted molar refractivity (Wildman–Crippen MR) is 113 cm³/mol. The largest absolute Gasteiger partial charge is 0.357 e. The molecule has 0 N–H and O–H groups in total. The van der Waals surface area contributed by atoms with Crippen LogP contribution in [0, 0.1) is 5.41 Å². The molecule has 2 rings (SSSR count). The van der Waals surface area contributed by atoms with Crippen molar-refractivity contribution in [3.05, 3.63) is 58.7 Å². The summed E-state index contributed by atoms with van der Waals surface area (Å²) in [4.78, 5) is 39.6. The Kier molecular flexibility index (Phi) is 7.54. The van der Waals surface area contributed by atoms with Crippen molar-refractivity contribution in [2.45, 2.75) is 66.7 Å². The Morgan fingerprint density at radius 3 is 2.31 bits per heavy atom. The van der Waals surface area contributed by atoms with Crippen LogP contribution in [0.1, 0.15) is 66.7 Å². The number of hydrogen-bond acceptors (Lipinski definition) is 4. The van der Waals surface area contributed by atoms with Gasteiger partial charge in [-0.1, -0.05) is 55.4 Å². The quantitative estimate of drug-likeness (QED) is 0.354. The number of imide groups is 1. The molecule has 0 saturated carbocycles. The first-order valence-corrected chi connectivity index (χ1v) is 10.1. The second kappa shape index (κ2) is 9.68. The van der Waals surface area contributed by atoms with Crippen molar-refractivity contribution in [1.29, 1.82) is 0 Å². The van der Waals surface area contributed by atoms with Crippen LogP contribution in [-0.4, -0.2) is 22.8 Å². The third-order valence-electron chi connectivity index (χ3n) is 5.31. The fourth-order valence-corrected chi connectivity index (χ4v) is 3.64. The number of carbonyl (C=O) groups is 3. The molecule has 0 radical (unpaired) electrons. The molecule has 29 heavy (non-hydrogen) atoms. The van der Waals surface area contributed by atoms with Crippen LogP contribution in [-0.2, 0) is 19.2 Å². The molecule has 2 amide bonds. The summed E-state index contributed by atoms with van der Waals surface area (Å²) in [5, 5.41) is 0.550. The van der Waals surface area contributed by atoms with Crippen molar-refractivity contribution in [3.8, 4) is 0 Å². The van der Waals surface area contributed by atoms with Gasteiger partial charge in [0, 0.05) is 18.9 Å². The molecule has 0 aromatic heterocycles. The molecule has 156 valence electrons. The molecule has 0 aromatic carbocycles. The van der Waals surface area contributed by atoms with Crippen LogP contribution >= 0.6 is 0 Å². The van der Waals surface area contributed by atoms with E-state index in [9.17, 15) is 14.4 Å². The fourth-order valence-electron chi connectivity index (χ4n) is 3.64. The SMILES string of the molecule is CC1=C(/C=C/C(C)=C/C=C/C(C)=C\C(=O)ON2C(=O)CCC2=O)C(C)(C)CCC1. The first-order valence-electron chi connectivity index (χ1n) is 10.1. The van der Waals surface area contributed by atoms with Crippen LogP contribution in [0.3, 0.4) is 0 Å². The Labute approximate surface area is 173 Å². The van der Waals surface area contributed by atoms with Crippen molar-refractivity contribution in [1.82, 2.24) is 5.06 Å². The summed E-state index contributed by atoms with van der Waals surface area (Å²) in [5.41, 5.74) is 4.87. The van der Waals surface area contributed by atoms with E-state index in [0.29, 0.717) is 10.6 Å². The summed E-state index contributed by atoms with van der Waals surface area (Å²) in [5.74, 6) is -1.71. The van der Waals surface area contributed by atoms with Crippen LogP contribution in [0.4, 0.5) is 0 Å². The first-order chi connectivity index (χ1) is 13.6. The van der Waals surface area contributed by atoms with Crippen LogP contribution in [0.15, 0.2) is 58.7 Å². The number of nitrogens with zero attached hydrogens (tertiary/aromatic N) is 1. The highest BCUT2D eigenvalue weighted by molar-refractivity contribution is 6.02. The second-order valence-corrected chi connectivity index (χ2v) is 8.42. The summed E-state index contributed by atoms with van der Waals surface area (Å²) < 4.78 is 0. The molecule has 0 bridgehead atoms. The normalized spacial score (nSPS) is 21.1. The zero-order valence-corrected chi connectivity index (χ0v) is 18.1. The highest BCUT2D eigenvalue weighted by Crippen LogP contribution is 2.40. The smallest absolute Gasteiger partial charge is 0.326 e. The summed E-state index contributed by atoms with van der Waals surface area (Å²) in [6.45, 7) is 10.6. The van der Waals surface area contributed by atoms with Gasteiger partial charge in [0.2, 0.25) is 0 Å². The van der Waals surface area contributed by atoms with Crippen LogP contribution in [0.2, 0.25) is 0 Å². The summed E-state index contributed by atoms with van der Waals surface area (Å²) in [6, 6.07) is 0. The van der Waals surface area contributed by atoms with Crippen LogP contribution in [0.25, 0.3) is 0 Å². The number of rotatable bonds is 6. The number of allylic oxidation sites excluding steroid dienone is 9. The second-order valence-electron chi connectivity index (χ2n) is 8.42. The van der Waals surface area contributed by atoms with Crippen molar-refractivity contribution < 1.29 is 19.2 Å². The summed E-state index contributed by atoms with van der Waals surface area (Å²) in [6.07, 6.45) is 15.0. The van der Waals surface area contributed by atoms with E-state index < -0.39 is 17.8 Å². The number of carbonyl (C=O) groups excluding carboxylic acids is 3. The van der Waals surface area contributed by atoms with Crippen molar-refractivity contribution in [2.75, 3.05) is 0 Å². The van der Waals surface area contributed by atoms with Gasteiger partial charge >= 0.3 is 5.97 Å². The first kappa shape index (κ1) is 22.6. The zero-order chi connectivity index (χ0) is 21.6. The van der Waals surface area contributed by atoms with Crippen molar-refractivity contribution in [3.63, 3.8) is 0 Å². The number of amides is 2. The number of hydroxylamine groups is 2. The highest BCUT2D eigenvalue weighted by Gasteiger charge is 2.32. The van der Waals surface area contributed by atoms with E-state index >= 15 is 0 Å². The van der Waals surface area contributed by atoms with Gasteiger partial charge in [-0.05, 0) is 56.6 Å². The van der Waals surface area contributed by atoms with Crippen molar-refractivity contribution >= 4 is 17.8 Å². The van der Waals surface area contributed by atoms with Gasteiger partial charge in [-0.3, -0.25) is 9.59 Å². The third kappa shape index (κ3) is 6.41. The minimum absolute atomic E-state index is 0.0832. The Hall–Kier alpha value is -2.69. The molecule has 1 aliphatic heterocycles. The Morgan fingerprint density at radius 1 is 1.03 bits per heavy atom. The topological polar surface area (TPSA) is 63.7 Å². The van der Waals surface area contributed by atoms with Gasteiger partial charge in [0.25, 0.3) is 11.8 Å². The molecule has 5 nitrogen and oxygen atoms in total. The lowest BCUT2D eigenvalue weighted by molar-refractivity contribution is -0.193. The van der Waals surface area contributed by atoms with Gasteiger partial charge in [0.05, 0.1) is 0 Å². The fraction of sp³-hybridized carbons (Fsp3) is 0.458. The summed E-state index contributed by atoms with van der Waals surface area (Å²) in [7, 11) is 0. The maximum Gasteiger partial charge on any atom is 0.357 e. The average Bonchev–Trinajstić information content (AvgIpc) is 2.92. The molecule has 0 aromatic rings. The average molecular weight is 398 g/mol. The minimum atomic E-state index is -0.738. The van der Waals surface area contributed by atoms with Gasteiger partial charge in [-0.25, -0.2) is 4.79 Å². The lowest BCUT2D eigenvalue weighted by Gasteiger charge is -2.32. The summed E-state index contributed by atoms with van der Waals surface area (Å²) >= 11 is 0.